The summed E-state index contributed by atoms with van der Waals surface area (Å²) in [4.78, 5) is 4.87. The van der Waals surface area contributed by atoms with Crippen molar-refractivity contribution in [1.82, 2.24) is 4.57 Å². The summed E-state index contributed by atoms with van der Waals surface area (Å²) in [5.41, 5.74) is 16.0. The molecule has 0 fully saturated rings. The van der Waals surface area contributed by atoms with E-state index in [1.54, 1.807) is 7.11 Å². The summed E-state index contributed by atoms with van der Waals surface area (Å²) >= 11 is 0. The minimum absolute atomic E-state index is 0.230. The highest BCUT2D eigenvalue weighted by Crippen LogP contribution is 2.39. The summed E-state index contributed by atoms with van der Waals surface area (Å²) in [6.45, 7) is 1.28. The zero-order valence-corrected chi connectivity index (χ0v) is 19.3. The van der Waals surface area contributed by atoms with Crippen molar-refractivity contribution >= 4 is 22.6 Å². The molecule has 6 nitrogen and oxygen atoms in total. The van der Waals surface area contributed by atoms with Crippen LogP contribution >= 0.6 is 0 Å². The highest BCUT2D eigenvalue weighted by molar-refractivity contribution is 6.23. The van der Waals surface area contributed by atoms with Crippen molar-refractivity contribution in [2.24, 2.45) is 16.5 Å². The highest BCUT2D eigenvalue weighted by Gasteiger charge is 2.24. The van der Waals surface area contributed by atoms with Gasteiger partial charge < -0.3 is 21.3 Å². The zero-order valence-electron chi connectivity index (χ0n) is 19.3. The van der Waals surface area contributed by atoms with Crippen molar-refractivity contribution in [3.63, 3.8) is 0 Å². The lowest BCUT2D eigenvalue weighted by molar-refractivity contribution is 0.368. The third kappa shape index (κ3) is 4.82. The van der Waals surface area contributed by atoms with Gasteiger partial charge in [0.15, 0.2) is 0 Å². The lowest BCUT2D eigenvalue weighted by Gasteiger charge is -2.19. The Morgan fingerprint density at radius 2 is 1.79 bits per heavy atom. The van der Waals surface area contributed by atoms with Crippen LogP contribution in [0.2, 0.25) is 0 Å². The molecule has 0 saturated heterocycles. The first-order valence-electron chi connectivity index (χ1n) is 11.8. The summed E-state index contributed by atoms with van der Waals surface area (Å²) in [6.07, 6.45) is 10.2. The molecule has 174 valence electrons. The topological polar surface area (TPSA) is 98.8 Å². The second kappa shape index (κ2) is 10.7. The van der Waals surface area contributed by atoms with Crippen LogP contribution < -0.4 is 16.2 Å². The van der Waals surface area contributed by atoms with E-state index in [0.29, 0.717) is 6.54 Å². The molecule has 1 unspecified atom stereocenters. The van der Waals surface area contributed by atoms with Crippen LogP contribution in [0.4, 0.5) is 0 Å². The van der Waals surface area contributed by atoms with Gasteiger partial charge in [-0.2, -0.15) is 0 Å². The number of aromatic nitrogens is 1. The number of nitrogens with two attached hydrogens (primary N) is 2. The Balaban J connectivity index is 1.58. The van der Waals surface area contributed by atoms with Crippen molar-refractivity contribution in [3.05, 3.63) is 65.4 Å². The highest BCUT2D eigenvalue weighted by atomic mass is 16.5. The molecule has 2 aromatic carbocycles. The smallest absolute Gasteiger partial charge is 0.200 e. The first kappa shape index (κ1) is 23.1. The molecule has 0 bridgehead atoms. The minimum atomic E-state index is -0.272. The predicted molar refractivity (Wildman–Crippen MR) is 136 cm³/mol. The fourth-order valence-electron chi connectivity index (χ4n) is 4.64. The number of unbranched alkanes of at least 4 members (excludes halogenated alkanes) is 4. The fraction of sp³-hybridized carbons (Fsp3) is 0.370. The Morgan fingerprint density at radius 1 is 1.00 bits per heavy atom. The zero-order chi connectivity index (χ0) is 23.2. The van der Waals surface area contributed by atoms with E-state index in [2.05, 4.69) is 6.07 Å². The third-order valence-corrected chi connectivity index (χ3v) is 6.37. The number of rotatable bonds is 11. The van der Waals surface area contributed by atoms with E-state index in [1.807, 2.05) is 53.1 Å². The molecule has 1 aromatic heterocycles. The Bertz CT molecular complexity index is 1160. The van der Waals surface area contributed by atoms with Crippen LogP contribution in [0.1, 0.15) is 61.5 Å². The molecule has 6 heteroatoms. The van der Waals surface area contributed by atoms with Crippen LogP contribution in [0.25, 0.3) is 16.8 Å². The van der Waals surface area contributed by atoms with E-state index < -0.39 is 0 Å². The molecule has 0 saturated carbocycles. The maximum atomic E-state index is 11.0. The molecular weight excluding hydrogens is 412 g/mol. The van der Waals surface area contributed by atoms with Gasteiger partial charge in [-0.15, -0.1) is 0 Å². The molecule has 1 aliphatic carbocycles. The Hall–Kier alpha value is -3.09. The van der Waals surface area contributed by atoms with Crippen LogP contribution in [0.15, 0.2) is 53.5 Å². The Labute approximate surface area is 195 Å². The quantitative estimate of drug-likeness (QED) is 0.356. The maximum absolute atomic E-state index is 11.0. The van der Waals surface area contributed by atoms with Crippen molar-refractivity contribution in [2.45, 2.75) is 51.2 Å². The predicted octanol–water partition coefficient (Wildman–Crippen LogP) is 5.13. The number of allylic oxidation sites excluding steroid dienone is 1. The van der Waals surface area contributed by atoms with Crippen LogP contribution in [0.5, 0.6) is 11.6 Å². The largest absolute Gasteiger partial charge is 0.496 e. The molecule has 1 heterocycles. The summed E-state index contributed by atoms with van der Waals surface area (Å²) in [5, 5.41) is 12.9. The third-order valence-electron chi connectivity index (χ3n) is 6.37. The number of aliphatic imine (C=N–C) groups is 1. The molecule has 1 atom stereocenters. The number of hydrogen-bond acceptors (Lipinski definition) is 5. The molecule has 3 aromatic rings. The van der Waals surface area contributed by atoms with Gasteiger partial charge in [0.1, 0.15) is 5.75 Å². The van der Waals surface area contributed by atoms with Gasteiger partial charge in [-0.3, -0.25) is 9.56 Å². The monoisotopic (exact) mass is 446 g/mol. The number of ether oxygens (including phenoxy) is 1. The van der Waals surface area contributed by atoms with Crippen molar-refractivity contribution in [1.29, 1.82) is 0 Å². The minimum Gasteiger partial charge on any atom is -0.496 e. The summed E-state index contributed by atoms with van der Waals surface area (Å²) < 4.78 is 7.34. The van der Waals surface area contributed by atoms with Crippen LogP contribution in [-0.2, 0) is 6.54 Å². The molecule has 0 spiro atoms. The van der Waals surface area contributed by atoms with Gasteiger partial charge in [0, 0.05) is 21.9 Å². The first-order chi connectivity index (χ1) is 16.2. The van der Waals surface area contributed by atoms with Crippen LogP contribution in [0.3, 0.4) is 0 Å². The van der Waals surface area contributed by atoms with Gasteiger partial charge in [-0.1, -0.05) is 56.0 Å². The van der Waals surface area contributed by atoms with E-state index in [-0.39, 0.29) is 12.0 Å². The second-order valence-electron chi connectivity index (χ2n) is 8.57. The molecule has 0 aliphatic heterocycles. The molecule has 1 aliphatic rings. The van der Waals surface area contributed by atoms with Gasteiger partial charge in [0.25, 0.3) is 0 Å². The second-order valence-corrected chi connectivity index (χ2v) is 8.57. The van der Waals surface area contributed by atoms with Crippen LogP contribution in [-0.4, -0.2) is 29.0 Å². The van der Waals surface area contributed by atoms with E-state index in [1.165, 1.54) is 12.8 Å². The summed E-state index contributed by atoms with van der Waals surface area (Å²) in [5.74, 6) is 1.06. The number of methoxy groups -OCH3 is 1. The lowest BCUT2D eigenvalue weighted by Crippen LogP contribution is -2.20. The Morgan fingerprint density at radius 3 is 2.61 bits per heavy atom. The average Bonchev–Trinajstić information content (AvgIpc) is 3.14. The SMILES string of the molecule is COc1ccccc1CN=C1C=Cc2c3c1cccc3c(O)n2C(N)CCCCCCCN. The molecule has 0 amide bonds. The summed E-state index contributed by atoms with van der Waals surface area (Å²) in [7, 11) is 1.68. The summed E-state index contributed by atoms with van der Waals surface area (Å²) in [6, 6.07) is 13.9. The molecular formula is C27H34N4O2. The Kier molecular flexibility index (Phi) is 7.47. The molecule has 4 rings (SSSR count). The number of benzene rings is 2. The van der Waals surface area contributed by atoms with Gasteiger partial charge in [-0.25, -0.2) is 0 Å². The maximum Gasteiger partial charge on any atom is 0.200 e. The average molecular weight is 447 g/mol. The van der Waals surface area contributed by atoms with Crippen molar-refractivity contribution < 1.29 is 9.84 Å². The van der Waals surface area contributed by atoms with Crippen LogP contribution in [0, 0.1) is 0 Å². The fourth-order valence-corrected chi connectivity index (χ4v) is 4.64. The molecule has 0 radical (unpaired) electrons. The van der Waals surface area contributed by atoms with Crippen molar-refractivity contribution in [3.8, 4) is 11.6 Å². The van der Waals surface area contributed by atoms with Gasteiger partial charge in [0.2, 0.25) is 5.88 Å². The van der Waals surface area contributed by atoms with E-state index in [9.17, 15) is 5.11 Å². The van der Waals surface area contributed by atoms with Gasteiger partial charge in [-0.05, 0) is 43.7 Å². The van der Waals surface area contributed by atoms with E-state index >= 15 is 0 Å². The normalized spacial score (nSPS) is 14.8. The van der Waals surface area contributed by atoms with Gasteiger partial charge in [0.05, 0.1) is 31.2 Å². The number of nitrogens with zero attached hydrogens (tertiary/aromatic N) is 2. The lowest BCUT2D eigenvalue weighted by atomic mass is 9.97. The first-order valence-corrected chi connectivity index (χ1v) is 11.8. The number of hydrogen-bond donors (Lipinski definition) is 3. The standard InChI is InChI=1S/C27H34N4O2/c1-33-24-13-7-6-10-19(24)18-30-22-15-16-23-26-20(22)11-9-12-21(26)27(32)31(23)25(29)14-5-3-2-4-8-17-28/h6-7,9-13,15-16,25,32H,2-5,8,14,17-18,28-29H2,1H3. The van der Waals surface area contributed by atoms with E-state index in [0.717, 1.165) is 71.3 Å². The van der Waals surface area contributed by atoms with E-state index in [4.69, 9.17) is 21.2 Å². The number of aromatic hydroxyl groups is 1. The van der Waals surface area contributed by atoms with Crippen molar-refractivity contribution in [2.75, 3.05) is 13.7 Å². The number of para-hydroxylation sites is 1. The molecule has 33 heavy (non-hydrogen) atoms. The van der Waals surface area contributed by atoms with Gasteiger partial charge >= 0.3 is 0 Å². The molecule has 5 N–H and O–H groups in total.